The molecule has 10 heteroatoms. The van der Waals surface area contributed by atoms with Gasteiger partial charge in [0.2, 0.25) is 0 Å². The fourth-order valence-corrected chi connectivity index (χ4v) is 4.12. The molecule has 1 aliphatic rings. The zero-order chi connectivity index (χ0) is 25.0. The molecular weight excluding hydrogens is 469 g/mol. The van der Waals surface area contributed by atoms with Gasteiger partial charge < -0.3 is 10.5 Å². The lowest BCUT2D eigenvalue weighted by atomic mass is 10.1. The van der Waals surface area contributed by atoms with E-state index in [1.807, 2.05) is 30.3 Å². The van der Waals surface area contributed by atoms with Gasteiger partial charge in [0.25, 0.3) is 0 Å². The van der Waals surface area contributed by atoms with Crippen LogP contribution in [0.2, 0.25) is 5.02 Å². The third kappa shape index (κ3) is 9.10. The van der Waals surface area contributed by atoms with Gasteiger partial charge in [-0.3, -0.25) is 14.8 Å². The highest BCUT2D eigenvalue weighted by Crippen LogP contribution is 2.18. The number of nitrogens with two attached hydrogens (primary N) is 1. The van der Waals surface area contributed by atoms with E-state index in [2.05, 4.69) is 49.9 Å². The summed E-state index contributed by atoms with van der Waals surface area (Å²) in [6.07, 6.45) is 6.01. The summed E-state index contributed by atoms with van der Waals surface area (Å²) in [5.74, 6) is 1.05. The van der Waals surface area contributed by atoms with Crippen molar-refractivity contribution in [2.45, 2.75) is 33.0 Å². The number of pyridine rings is 1. The molecule has 8 nitrogen and oxygen atoms in total. The van der Waals surface area contributed by atoms with Crippen LogP contribution in [0.3, 0.4) is 0 Å². The lowest BCUT2D eigenvalue weighted by Crippen LogP contribution is -2.51. The van der Waals surface area contributed by atoms with Gasteiger partial charge in [-0.15, -0.1) is 0 Å². The Morgan fingerprint density at radius 2 is 2.20 bits per heavy atom. The summed E-state index contributed by atoms with van der Waals surface area (Å²) >= 11 is 6.20. The molecule has 2 aromatic rings. The summed E-state index contributed by atoms with van der Waals surface area (Å²) in [6.45, 7) is 8.68. The molecule has 1 aromatic heterocycles. The van der Waals surface area contributed by atoms with Gasteiger partial charge in [0.05, 0.1) is 11.9 Å². The topological polar surface area (TPSA) is 91.0 Å². The lowest BCUT2D eigenvalue weighted by Gasteiger charge is -2.39. The highest BCUT2D eigenvalue weighted by atomic mass is 35.5. The SMILES string of the molecule is CC(N)=NNNCc1cc(Cl)ccc1/C=C/CN1CCN(Cc2ccc(OCCF)cn2)C[C@H]1C. The Kier molecular flexibility index (Phi) is 10.7. The first-order valence-corrected chi connectivity index (χ1v) is 12.1. The summed E-state index contributed by atoms with van der Waals surface area (Å²) in [7, 11) is 0. The molecule has 0 bridgehead atoms. The zero-order valence-electron chi connectivity index (χ0n) is 20.4. The van der Waals surface area contributed by atoms with Gasteiger partial charge in [0.1, 0.15) is 24.9 Å². The smallest absolute Gasteiger partial charge is 0.137 e. The quantitative estimate of drug-likeness (QED) is 0.177. The maximum Gasteiger partial charge on any atom is 0.137 e. The number of aromatic nitrogens is 1. The van der Waals surface area contributed by atoms with Crippen LogP contribution < -0.4 is 21.4 Å². The number of amidine groups is 1. The van der Waals surface area contributed by atoms with E-state index >= 15 is 0 Å². The van der Waals surface area contributed by atoms with Crippen LogP contribution in [0, 0.1) is 0 Å². The molecule has 1 aromatic carbocycles. The van der Waals surface area contributed by atoms with Gasteiger partial charge >= 0.3 is 0 Å². The van der Waals surface area contributed by atoms with Crippen LogP contribution in [0.1, 0.15) is 30.7 Å². The van der Waals surface area contributed by atoms with E-state index in [0.29, 0.717) is 29.2 Å². The van der Waals surface area contributed by atoms with Gasteiger partial charge in [0, 0.05) is 50.3 Å². The molecule has 1 aliphatic heterocycles. The van der Waals surface area contributed by atoms with Crippen LogP contribution in [0.15, 0.2) is 47.7 Å². The summed E-state index contributed by atoms with van der Waals surface area (Å²) in [5.41, 5.74) is 14.5. The predicted molar refractivity (Wildman–Crippen MR) is 140 cm³/mol. The lowest BCUT2D eigenvalue weighted by molar-refractivity contribution is 0.0877. The Balaban J connectivity index is 1.48. The van der Waals surface area contributed by atoms with Gasteiger partial charge in [-0.1, -0.05) is 29.8 Å². The molecule has 35 heavy (non-hydrogen) atoms. The number of hydrogen-bond donors (Lipinski definition) is 3. The van der Waals surface area contributed by atoms with Crippen molar-refractivity contribution in [1.82, 2.24) is 25.7 Å². The van der Waals surface area contributed by atoms with Crippen molar-refractivity contribution in [1.29, 1.82) is 0 Å². The molecule has 1 atom stereocenters. The van der Waals surface area contributed by atoms with Crippen LogP contribution in [-0.4, -0.2) is 66.1 Å². The number of alkyl halides is 1. The third-order valence-electron chi connectivity index (χ3n) is 5.71. The third-order valence-corrected chi connectivity index (χ3v) is 5.95. The second kappa shape index (κ2) is 14.0. The number of nitrogens with one attached hydrogen (secondary N) is 2. The van der Waals surface area contributed by atoms with Crippen LogP contribution in [0.25, 0.3) is 6.08 Å². The van der Waals surface area contributed by atoms with E-state index in [4.69, 9.17) is 22.1 Å². The number of nitrogens with zero attached hydrogens (tertiary/aromatic N) is 4. The number of benzene rings is 1. The minimum Gasteiger partial charge on any atom is -0.489 e. The minimum atomic E-state index is -0.501. The van der Waals surface area contributed by atoms with Crippen LogP contribution in [0.5, 0.6) is 5.75 Å². The van der Waals surface area contributed by atoms with Crippen molar-refractivity contribution in [2.24, 2.45) is 10.8 Å². The Labute approximate surface area is 211 Å². The Hall–Kier alpha value is -2.72. The van der Waals surface area contributed by atoms with Crippen molar-refractivity contribution in [3.05, 3.63) is 64.4 Å². The number of hydrazone groups is 1. The van der Waals surface area contributed by atoms with Crippen molar-refractivity contribution in [3.63, 3.8) is 0 Å². The minimum absolute atomic E-state index is 0.0615. The first-order chi connectivity index (χ1) is 16.9. The standard InChI is InChI=1S/C25H35ClFN7O/c1-19-17-33(18-24-7-8-25(16-29-24)35-13-9-27)11-12-34(19)10-3-4-21-5-6-23(26)14-22(21)15-30-32-31-20(2)28/h3-8,14,16,19,30,32H,9-13,15,17-18H2,1-2H3,(H2,28,31)/b4-3+/t19-/m1/s1. The summed E-state index contributed by atoms with van der Waals surface area (Å²) in [6, 6.07) is 10.1. The molecule has 4 N–H and O–H groups in total. The fourth-order valence-electron chi connectivity index (χ4n) is 3.93. The summed E-state index contributed by atoms with van der Waals surface area (Å²) in [4.78, 5) is 9.34. The van der Waals surface area contributed by atoms with Gasteiger partial charge in [0.15, 0.2) is 0 Å². The van der Waals surface area contributed by atoms with Crippen LogP contribution in [-0.2, 0) is 13.1 Å². The molecule has 0 unspecified atom stereocenters. The maximum absolute atomic E-state index is 12.2. The largest absolute Gasteiger partial charge is 0.489 e. The number of ether oxygens (including phenoxy) is 1. The Morgan fingerprint density at radius 1 is 1.34 bits per heavy atom. The molecule has 0 saturated carbocycles. The average Bonchev–Trinajstić information content (AvgIpc) is 2.84. The zero-order valence-corrected chi connectivity index (χ0v) is 21.1. The highest BCUT2D eigenvalue weighted by molar-refractivity contribution is 6.30. The second-order valence-corrected chi connectivity index (χ2v) is 9.00. The molecule has 3 rings (SSSR count). The van der Waals surface area contributed by atoms with E-state index in [0.717, 1.165) is 49.5 Å². The molecule has 2 heterocycles. The Bertz CT molecular complexity index is 982. The molecule has 0 spiro atoms. The first-order valence-electron chi connectivity index (χ1n) is 11.8. The Morgan fingerprint density at radius 3 is 2.91 bits per heavy atom. The number of halogens is 2. The highest BCUT2D eigenvalue weighted by Gasteiger charge is 2.23. The molecule has 0 aliphatic carbocycles. The molecule has 0 amide bonds. The van der Waals surface area contributed by atoms with E-state index in [9.17, 15) is 4.39 Å². The van der Waals surface area contributed by atoms with Gasteiger partial charge in [-0.05, 0) is 49.2 Å². The number of rotatable bonds is 12. The van der Waals surface area contributed by atoms with Crippen molar-refractivity contribution in [2.75, 3.05) is 39.5 Å². The second-order valence-electron chi connectivity index (χ2n) is 8.57. The van der Waals surface area contributed by atoms with Gasteiger partial charge in [-0.2, -0.15) is 5.10 Å². The normalized spacial score (nSPS) is 17.7. The first kappa shape index (κ1) is 26.9. The molecule has 1 fully saturated rings. The average molecular weight is 504 g/mol. The predicted octanol–water partition coefficient (Wildman–Crippen LogP) is 3.19. The van der Waals surface area contributed by atoms with E-state index in [-0.39, 0.29) is 6.61 Å². The fraction of sp³-hybridized carbons (Fsp3) is 0.440. The van der Waals surface area contributed by atoms with Crippen LogP contribution in [0.4, 0.5) is 4.39 Å². The summed E-state index contributed by atoms with van der Waals surface area (Å²) in [5, 5.41) is 4.61. The molecule has 190 valence electrons. The molecule has 1 saturated heterocycles. The summed E-state index contributed by atoms with van der Waals surface area (Å²) < 4.78 is 17.5. The number of hydrazine groups is 1. The number of hydrogen-bond acceptors (Lipinski definition) is 7. The van der Waals surface area contributed by atoms with Crippen molar-refractivity contribution < 1.29 is 9.13 Å². The van der Waals surface area contributed by atoms with E-state index in [1.165, 1.54) is 0 Å². The number of piperazine rings is 1. The van der Waals surface area contributed by atoms with Crippen molar-refractivity contribution >= 4 is 23.5 Å². The van der Waals surface area contributed by atoms with Gasteiger partial charge in [-0.25, -0.2) is 15.4 Å². The molecule has 0 radical (unpaired) electrons. The van der Waals surface area contributed by atoms with E-state index < -0.39 is 6.67 Å². The molecular formula is C25H35ClFN7O. The maximum atomic E-state index is 12.2. The van der Waals surface area contributed by atoms with Crippen molar-refractivity contribution in [3.8, 4) is 5.75 Å². The van der Waals surface area contributed by atoms with E-state index in [1.54, 1.807) is 13.1 Å². The monoisotopic (exact) mass is 503 g/mol. The van der Waals surface area contributed by atoms with Crippen LogP contribution >= 0.6 is 11.6 Å².